The fourth-order valence-electron chi connectivity index (χ4n) is 3.84. The third kappa shape index (κ3) is 4.29. The van der Waals surface area contributed by atoms with E-state index >= 15 is 0 Å². The van der Waals surface area contributed by atoms with Crippen molar-refractivity contribution in [1.29, 1.82) is 0 Å². The molecular formula is C19H22F2N8O2. The van der Waals surface area contributed by atoms with Gasteiger partial charge in [-0.1, -0.05) is 0 Å². The Balaban J connectivity index is 1.52. The third-order valence-electron chi connectivity index (χ3n) is 5.19. The largest absolute Gasteiger partial charge is 0.386 e. The van der Waals surface area contributed by atoms with Crippen molar-refractivity contribution in [2.45, 2.75) is 31.8 Å². The molecule has 0 aliphatic carbocycles. The van der Waals surface area contributed by atoms with Gasteiger partial charge in [0.1, 0.15) is 11.5 Å². The van der Waals surface area contributed by atoms with Crippen LogP contribution in [0.3, 0.4) is 0 Å². The van der Waals surface area contributed by atoms with Crippen molar-refractivity contribution in [2.24, 2.45) is 0 Å². The van der Waals surface area contributed by atoms with Crippen molar-refractivity contribution in [3.63, 3.8) is 0 Å². The van der Waals surface area contributed by atoms with Crippen LogP contribution in [0.5, 0.6) is 0 Å². The molecule has 1 N–H and O–H groups in total. The van der Waals surface area contributed by atoms with Gasteiger partial charge in [0.25, 0.3) is 18.1 Å². The molecule has 1 saturated heterocycles. The van der Waals surface area contributed by atoms with Gasteiger partial charge in [-0.3, -0.25) is 9.78 Å². The van der Waals surface area contributed by atoms with E-state index in [1.165, 1.54) is 18.0 Å². The average molecular weight is 432 g/mol. The summed E-state index contributed by atoms with van der Waals surface area (Å²) in [6.45, 7) is 2.58. The first-order valence-corrected chi connectivity index (χ1v) is 9.77. The van der Waals surface area contributed by atoms with Gasteiger partial charge in [-0.15, -0.1) is 5.10 Å². The van der Waals surface area contributed by atoms with E-state index in [1.54, 1.807) is 25.5 Å². The molecule has 0 radical (unpaired) electrons. The number of rotatable bonds is 5. The number of alkyl halides is 2. The van der Waals surface area contributed by atoms with Crippen LogP contribution < -0.4 is 4.90 Å². The van der Waals surface area contributed by atoms with Crippen LogP contribution in [-0.2, 0) is 0 Å². The molecule has 4 rings (SSSR count). The fraction of sp³-hybridized carbons (Fsp3) is 0.474. The van der Waals surface area contributed by atoms with E-state index in [0.717, 1.165) is 4.52 Å². The summed E-state index contributed by atoms with van der Waals surface area (Å²) in [7, 11) is 1.51. The molecule has 0 bridgehead atoms. The number of amides is 1. The zero-order valence-corrected chi connectivity index (χ0v) is 17.1. The number of β-amino-alcohol motifs (C(OH)–C–C–N with tert-alkyl or cyclic N) is 1. The second-order valence-electron chi connectivity index (χ2n) is 7.74. The number of hydrogen-bond donors (Lipinski definition) is 1. The Morgan fingerprint density at radius 3 is 2.87 bits per heavy atom. The van der Waals surface area contributed by atoms with Crippen molar-refractivity contribution in [3.05, 3.63) is 41.9 Å². The summed E-state index contributed by atoms with van der Waals surface area (Å²) in [5.74, 6) is -0.268. The van der Waals surface area contributed by atoms with Crippen LogP contribution in [0, 0.1) is 6.92 Å². The molecule has 10 nitrogen and oxygen atoms in total. The highest BCUT2D eigenvalue weighted by Crippen LogP contribution is 2.26. The molecule has 1 atom stereocenters. The summed E-state index contributed by atoms with van der Waals surface area (Å²) in [6.07, 6.45) is 3.19. The van der Waals surface area contributed by atoms with E-state index in [1.807, 2.05) is 4.90 Å². The highest BCUT2D eigenvalue weighted by Gasteiger charge is 2.36. The van der Waals surface area contributed by atoms with Gasteiger partial charge in [-0.25, -0.2) is 18.7 Å². The zero-order valence-electron chi connectivity index (χ0n) is 17.1. The Bertz CT molecular complexity index is 1090. The Hall–Kier alpha value is -3.28. The Kier molecular flexibility index (Phi) is 5.48. The van der Waals surface area contributed by atoms with Crippen LogP contribution in [0.15, 0.2) is 24.7 Å². The molecule has 31 heavy (non-hydrogen) atoms. The molecule has 4 heterocycles. The van der Waals surface area contributed by atoms with E-state index in [2.05, 4.69) is 25.0 Å². The molecular weight excluding hydrogens is 410 g/mol. The van der Waals surface area contributed by atoms with Crippen LogP contribution in [0.25, 0.3) is 5.78 Å². The van der Waals surface area contributed by atoms with Gasteiger partial charge in [0, 0.05) is 38.2 Å². The number of aromatic nitrogens is 6. The maximum Gasteiger partial charge on any atom is 0.293 e. The normalized spacial score (nSPS) is 19.2. The van der Waals surface area contributed by atoms with Crippen LogP contribution >= 0.6 is 0 Å². The molecule has 1 aliphatic rings. The molecule has 0 saturated carbocycles. The van der Waals surface area contributed by atoms with Gasteiger partial charge < -0.3 is 14.9 Å². The molecule has 3 aromatic heterocycles. The topological polar surface area (TPSA) is 113 Å². The van der Waals surface area contributed by atoms with Gasteiger partial charge >= 0.3 is 0 Å². The van der Waals surface area contributed by atoms with Gasteiger partial charge in [-0.2, -0.15) is 9.50 Å². The lowest BCUT2D eigenvalue weighted by molar-refractivity contribution is -0.000441. The Labute approximate surface area is 176 Å². The summed E-state index contributed by atoms with van der Waals surface area (Å²) in [5.41, 5.74) is -1.21. The molecule has 0 spiro atoms. The number of halogens is 2. The number of carbonyl (C=O) groups is 1. The van der Waals surface area contributed by atoms with Gasteiger partial charge in [0.2, 0.25) is 5.82 Å². The SMILES string of the molecule is Cc1cc(C(F)F)n2nc(C(=O)N(C)C[C@@]3(O)CCCN(c4cnccn4)C3)nc2n1. The van der Waals surface area contributed by atoms with Crippen molar-refractivity contribution in [2.75, 3.05) is 31.6 Å². The minimum absolute atomic E-state index is 0.0201. The first-order chi connectivity index (χ1) is 14.8. The van der Waals surface area contributed by atoms with Gasteiger partial charge in [0.05, 0.1) is 18.3 Å². The van der Waals surface area contributed by atoms with Crippen LogP contribution in [-0.4, -0.2) is 77.7 Å². The Morgan fingerprint density at radius 1 is 1.35 bits per heavy atom. The molecule has 1 aliphatic heterocycles. The summed E-state index contributed by atoms with van der Waals surface area (Å²) < 4.78 is 27.5. The first kappa shape index (κ1) is 21.0. The van der Waals surface area contributed by atoms with Gasteiger partial charge in [0.15, 0.2) is 0 Å². The summed E-state index contributed by atoms with van der Waals surface area (Å²) in [6, 6.07) is 1.20. The van der Waals surface area contributed by atoms with Crippen molar-refractivity contribution < 1.29 is 18.7 Å². The molecule has 0 unspecified atom stereocenters. The lowest BCUT2D eigenvalue weighted by atomic mass is 9.92. The van der Waals surface area contributed by atoms with Crippen LogP contribution in [0.2, 0.25) is 0 Å². The van der Waals surface area contributed by atoms with E-state index < -0.39 is 17.9 Å². The zero-order chi connectivity index (χ0) is 22.2. The van der Waals surface area contributed by atoms with Gasteiger partial charge in [-0.05, 0) is 25.8 Å². The minimum atomic E-state index is -2.79. The highest BCUT2D eigenvalue weighted by atomic mass is 19.3. The van der Waals surface area contributed by atoms with E-state index in [9.17, 15) is 18.7 Å². The van der Waals surface area contributed by atoms with Crippen molar-refractivity contribution in [1.82, 2.24) is 34.4 Å². The second-order valence-corrected chi connectivity index (χ2v) is 7.74. The van der Waals surface area contributed by atoms with Crippen molar-refractivity contribution >= 4 is 17.5 Å². The molecule has 12 heteroatoms. The monoisotopic (exact) mass is 432 g/mol. The maximum absolute atomic E-state index is 13.3. The predicted molar refractivity (Wildman–Crippen MR) is 106 cm³/mol. The van der Waals surface area contributed by atoms with Crippen molar-refractivity contribution in [3.8, 4) is 0 Å². The smallest absolute Gasteiger partial charge is 0.293 e. The molecule has 1 fully saturated rings. The number of likely N-dealkylation sites (N-methyl/N-ethyl adjacent to an activating group) is 1. The molecule has 1 amide bonds. The molecule has 3 aromatic rings. The number of carbonyl (C=O) groups excluding carboxylic acids is 1. The number of hydrogen-bond acceptors (Lipinski definition) is 8. The number of piperidine rings is 1. The second kappa shape index (κ2) is 8.10. The Morgan fingerprint density at radius 2 is 2.16 bits per heavy atom. The standard InChI is InChI=1S/C19H22F2N8O2/c1-12-8-13(15(20)21)29-18(24-12)25-16(26-29)17(30)27(2)10-19(31)4-3-7-28(11-19)14-9-22-5-6-23-14/h5-6,8-9,15,31H,3-4,7,10-11H2,1-2H3/t19-/m0/s1. The fourth-order valence-corrected chi connectivity index (χ4v) is 3.84. The first-order valence-electron chi connectivity index (χ1n) is 9.77. The number of fused-ring (bicyclic) bond motifs is 1. The number of aryl methyl sites for hydroxylation is 1. The third-order valence-corrected chi connectivity index (χ3v) is 5.19. The quantitative estimate of drug-likeness (QED) is 0.641. The molecule has 0 aromatic carbocycles. The predicted octanol–water partition coefficient (Wildman–Crippen LogP) is 1.26. The highest BCUT2D eigenvalue weighted by molar-refractivity contribution is 5.90. The van der Waals surface area contributed by atoms with E-state index in [-0.39, 0.29) is 30.4 Å². The van der Waals surface area contributed by atoms with E-state index in [4.69, 9.17) is 0 Å². The number of aliphatic hydroxyl groups is 1. The van der Waals surface area contributed by atoms with Crippen LogP contribution in [0.1, 0.15) is 41.3 Å². The number of anilines is 1. The number of nitrogens with zero attached hydrogens (tertiary/aromatic N) is 8. The summed E-state index contributed by atoms with van der Waals surface area (Å²) >= 11 is 0. The summed E-state index contributed by atoms with van der Waals surface area (Å²) in [4.78, 5) is 32.5. The lowest BCUT2D eigenvalue weighted by Crippen LogP contribution is -2.55. The molecule has 164 valence electrons. The summed E-state index contributed by atoms with van der Waals surface area (Å²) in [5, 5.41) is 15.1. The van der Waals surface area contributed by atoms with Crippen LogP contribution in [0.4, 0.5) is 14.6 Å². The lowest BCUT2D eigenvalue weighted by Gasteiger charge is -2.41. The minimum Gasteiger partial charge on any atom is -0.386 e. The maximum atomic E-state index is 13.3. The van der Waals surface area contributed by atoms with E-state index in [0.29, 0.717) is 30.9 Å². The average Bonchev–Trinajstić information content (AvgIpc) is 3.16.